The fourth-order valence-corrected chi connectivity index (χ4v) is 4.90. The van der Waals surface area contributed by atoms with Gasteiger partial charge >= 0.3 is 0 Å². The van der Waals surface area contributed by atoms with Crippen molar-refractivity contribution in [3.8, 4) is 0 Å². The number of nitrogens with zero attached hydrogens (tertiary/aromatic N) is 2. The number of aromatic nitrogens is 2. The first-order valence-corrected chi connectivity index (χ1v) is 9.69. The van der Waals surface area contributed by atoms with E-state index in [0.717, 1.165) is 40.9 Å². The Bertz CT molecular complexity index is 1050. The van der Waals surface area contributed by atoms with Crippen molar-refractivity contribution in [1.82, 2.24) is 9.55 Å². The Morgan fingerprint density at radius 2 is 2.27 bits per heavy atom. The molecule has 4 rings (SSSR count). The summed E-state index contributed by atoms with van der Waals surface area (Å²) in [4.78, 5) is 31.8. The van der Waals surface area contributed by atoms with Gasteiger partial charge in [0.1, 0.15) is 11.4 Å². The van der Waals surface area contributed by atoms with Gasteiger partial charge in [0.25, 0.3) is 5.56 Å². The zero-order valence-corrected chi connectivity index (χ0v) is 15.7. The summed E-state index contributed by atoms with van der Waals surface area (Å²) in [6.07, 6.45) is 4.53. The standard InChI is InChI=1S/C20H21N3O2S/c1-12-4-3-5-14(8-12)22-17(24)10-23-11-21-19-18(20(23)25)15-7-6-13(2)9-16(15)26-19/h3-5,8,11,13H,6-7,9-10H2,1-2H3,(H,22,24)/t13-/m1/s1. The zero-order chi connectivity index (χ0) is 18.3. The lowest BCUT2D eigenvalue weighted by Gasteiger charge is -2.17. The van der Waals surface area contributed by atoms with Gasteiger partial charge in [0.05, 0.1) is 11.7 Å². The zero-order valence-electron chi connectivity index (χ0n) is 14.9. The van der Waals surface area contributed by atoms with Gasteiger partial charge in [-0.1, -0.05) is 19.1 Å². The van der Waals surface area contributed by atoms with E-state index >= 15 is 0 Å². The average molecular weight is 367 g/mol. The molecule has 1 amide bonds. The number of thiophene rings is 1. The lowest BCUT2D eigenvalue weighted by Crippen LogP contribution is -2.28. The number of benzene rings is 1. The number of carbonyl (C=O) groups excluding carboxylic acids is 1. The number of aryl methyl sites for hydroxylation is 2. The molecule has 134 valence electrons. The van der Waals surface area contributed by atoms with Crippen LogP contribution in [0.3, 0.4) is 0 Å². The molecule has 0 aliphatic heterocycles. The predicted molar refractivity (Wildman–Crippen MR) is 105 cm³/mol. The molecule has 0 saturated heterocycles. The Morgan fingerprint density at radius 3 is 3.08 bits per heavy atom. The van der Waals surface area contributed by atoms with Gasteiger partial charge in [0.15, 0.2) is 0 Å². The largest absolute Gasteiger partial charge is 0.325 e. The second-order valence-corrected chi connectivity index (χ2v) is 8.21. The molecule has 6 heteroatoms. The summed E-state index contributed by atoms with van der Waals surface area (Å²) in [5.41, 5.74) is 2.84. The summed E-state index contributed by atoms with van der Waals surface area (Å²) in [5.74, 6) is 0.425. The van der Waals surface area contributed by atoms with Crippen LogP contribution in [0.5, 0.6) is 0 Å². The van der Waals surface area contributed by atoms with Gasteiger partial charge in [-0.2, -0.15) is 0 Å². The third kappa shape index (κ3) is 3.17. The molecule has 0 saturated carbocycles. The maximum Gasteiger partial charge on any atom is 0.262 e. The van der Waals surface area contributed by atoms with Crippen LogP contribution in [0.1, 0.15) is 29.3 Å². The van der Waals surface area contributed by atoms with E-state index in [9.17, 15) is 9.59 Å². The second kappa shape index (κ2) is 6.68. The minimum atomic E-state index is -0.225. The lowest BCUT2D eigenvalue weighted by molar-refractivity contribution is -0.116. The highest BCUT2D eigenvalue weighted by Crippen LogP contribution is 2.35. The summed E-state index contributed by atoms with van der Waals surface area (Å²) in [6, 6.07) is 7.60. The van der Waals surface area contributed by atoms with Crippen molar-refractivity contribution in [1.29, 1.82) is 0 Å². The maximum absolute atomic E-state index is 12.9. The fourth-order valence-electron chi connectivity index (χ4n) is 3.56. The van der Waals surface area contributed by atoms with Crippen molar-refractivity contribution in [3.05, 3.63) is 57.0 Å². The van der Waals surface area contributed by atoms with E-state index < -0.39 is 0 Å². The monoisotopic (exact) mass is 367 g/mol. The highest BCUT2D eigenvalue weighted by molar-refractivity contribution is 7.18. The van der Waals surface area contributed by atoms with Crippen LogP contribution in [0, 0.1) is 12.8 Å². The highest BCUT2D eigenvalue weighted by atomic mass is 32.1. The number of hydrogen-bond donors (Lipinski definition) is 1. The summed E-state index contributed by atoms with van der Waals surface area (Å²) < 4.78 is 1.42. The van der Waals surface area contributed by atoms with E-state index in [1.54, 1.807) is 11.3 Å². The van der Waals surface area contributed by atoms with E-state index in [2.05, 4.69) is 17.2 Å². The molecule has 0 spiro atoms. The molecule has 0 fully saturated rings. The van der Waals surface area contributed by atoms with Crippen LogP contribution in [0.15, 0.2) is 35.4 Å². The van der Waals surface area contributed by atoms with Crippen molar-refractivity contribution < 1.29 is 4.79 Å². The van der Waals surface area contributed by atoms with Crippen LogP contribution in [0.4, 0.5) is 5.69 Å². The van der Waals surface area contributed by atoms with E-state index in [1.807, 2.05) is 31.2 Å². The summed E-state index contributed by atoms with van der Waals surface area (Å²) >= 11 is 1.62. The fraction of sp³-hybridized carbons (Fsp3) is 0.350. The van der Waals surface area contributed by atoms with Crippen LogP contribution >= 0.6 is 11.3 Å². The minimum absolute atomic E-state index is 0.0310. The number of amides is 1. The number of carbonyl (C=O) groups is 1. The molecule has 0 radical (unpaired) electrons. The Morgan fingerprint density at radius 1 is 1.42 bits per heavy atom. The molecule has 1 atom stereocenters. The molecular weight excluding hydrogens is 346 g/mol. The van der Waals surface area contributed by atoms with E-state index in [1.165, 1.54) is 15.8 Å². The topological polar surface area (TPSA) is 64.0 Å². The third-order valence-electron chi connectivity index (χ3n) is 4.90. The smallest absolute Gasteiger partial charge is 0.262 e. The Hall–Kier alpha value is -2.47. The predicted octanol–water partition coefficient (Wildman–Crippen LogP) is 3.53. The summed E-state index contributed by atoms with van der Waals surface area (Å²) in [5, 5.41) is 3.56. The number of nitrogens with one attached hydrogen (secondary N) is 1. The number of hydrogen-bond acceptors (Lipinski definition) is 4. The van der Waals surface area contributed by atoms with Crippen LogP contribution in [0.2, 0.25) is 0 Å². The first kappa shape index (κ1) is 17.0. The van der Waals surface area contributed by atoms with Gasteiger partial charge in [-0.05, 0) is 55.4 Å². The molecule has 26 heavy (non-hydrogen) atoms. The van der Waals surface area contributed by atoms with Gasteiger partial charge in [-0.3, -0.25) is 14.2 Å². The quantitative estimate of drug-likeness (QED) is 0.770. The van der Waals surface area contributed by atoms with Crippen molar-refractivity contribution in [2.75, 3.05) is 5.32 Å². The Balaban J connectivity index is 1.62. The SMILES string of the molecule is Cc1cccc(NC(=O)Cn2cnc3sc4c(c3c2=O)CC[C@@H](C)C4)c1. The molecule has 2 aromatic heterocycles. The minimum Gasteiger partial charge on any atom is -0.325 e. The van der Waals surface area contributed by atoms with Crippen LogP contribution in [-0.4, -0.2) is 15.5 Å². The van der Waals surface area contributed by atoms with E-state index in [4.69, 9.17) is 0 Å². The first-order valence-electron chi connectivity index (χ1n) is 8.87. The molecular formula is C20H21N3O2S. The molecule has 1 aromatic carbocycles. The van der Waals surface area contributed by atoms with Crippen molar-refractivity contribution in [2.45, 2.75) is 39.7 Å². The molecule has 1 aliphatic rings. The maximum atomic E-state index is 12.9. The first-order chi connectivity index (χ1) is 12.5. The molecule has 0 bridgehead atoms. The molecule has 2 heterocycles. The van der Waals surface area contributed by atoms with Crippen molar-refractivity contribution >= 4 is 33.1 Å². The number of rotatable bonds is 3. The third-order valence-corrected chi connectivity index (χ3v) is 6.06. The average Bonchev–Trinajstić information content (AvgIpc) is 2.95. The molecule has 0 unspecified atom stereocenters. The molecule has 1 N–H and O–H groups in total. The molecule has 3 aromatic rings. The van der Waals surface area contributed by atoms with E-state index in [-0.39, 0.29) is 18.0 Å². The molecule has 1 aliphatic carbocycles. The van der Waals surface area contributed by atoms with Gasteiger partial charge in [-0.25, -0.2) is 4.98 Å². The van der Waals surface area contributed by atoms with Gasteiger partial charge < -0.3 is 5.32 Å². The highest BCUT2D eigenvalue weighted by Gasteiger charge is 2.23. The van der Waals surface area contributed by atoms with Gasteiger partial charge in [0.2, 0.25) is 5.91 Å². The van der Waals surface area contributed by atoms with Crippen LogP contribution < -0.4 is 10.9 Å². The second-order valence-electron chi connectivity index (χ2n) is 7.13. The lowest BCUT2D eigenvalue weighted by atomic mass is 9.89. The number of anilines is 1. The Kier molecular flexibility index (Phi) is 4.36. The summed E-state index contributed by atoms with van der Waals surface area (Å²) in [7, 11) is 0. The van der Waals surface area contributed by atoms with Gasteiger partial charge in [-0.15, -0.1) is 11.3 Å². The van der Waals surface area contributed by atoms with Crippen molar-refractivity contribution in [3.63, 3.8) is 0 Å². The summed E-state index contributed by atoms with van der Waals surface area (Å²) in [6.45, 7) is 4.18. The normalized spacial score (nSPS) is 16.5. The molecule has 5 nitrogen and oxygen atoms in total. The Labute approximate surface area is 155 Å². The number of fused-ring (bicyclic) bond motifs is 3. The van der Waals surface area contributed by atoms with E-state index in [0.29, 0.717) is 11.3 Å². The van der Waals surface area contributed by atoms with Gasteiger partial charge in [0, 0.05) is 10.6 Å². The van der Waals surface area contributed by atoms with Crippen LogP contribution in [0.25, 0.3) is 10.2 Å². The van der Waals surface area contributed by atoms with Crippen LogP contribution in [-0.2, 0) is 24.2 Å². The van der Waals surface area contributed by atoms with Crippen molar-refractivity contribution in [2.24, 2.45) is 5.92 Å².